The molecule has 6 aromatic rings. The summed E-state index contributed by atoms with van der Waals surface area (Å²) in [4.78, 5) is 57.1. The molecular formula is C50H46N2O8. The molecule has 0 heterocycles. The average molecular weight is 803 g/mol. The lowest BCUT2D eigenvalue weighted by molar-refractivity contribution is -0.161. The number of hydrogen-bond donors (Lipinski definition) is 0. The number of nitrogens with zero attached hydrogens (tertiary/aromatic N) is 2. The topological polar surface area (TPSA) is 112 Å². The first-order chi connectivity index (χ1) is 29.4. The molecule has 2 amide bonds. The van der Waals surface area contributed by atoms with E-state index < -0.39 is 36.0 Å². The highest BCUT2D eigenvalue weighted by molar-refractivity contribution is 5.93. The third kappa shape index (κ3) is 11.7. The van der Waals surface area contributed by atoms with E-state index in [0.717, 1.165) is 22.3 Å². The zero-order valence-corrected chi connectivity index (χ0v) is 33.1. The van der Waals surface area contributed by atoms with Gasteiger partial charge in [0, 0.05) is 26.2 Å². The number of rotatable bonds is 16. The fourth-order valence-corrected chi connectivity index (χ4v) is 6.82. The summed E-state index contributed by atoms with van der Waals surface area (Å²) in [6.45, 7) is 0.919. The fraction of sp³-hybridized carbons (Fsp3) is 0.200. The number of carbonyl (C=O) groups is 4. The van der Waals surface area contributed by atoms with E-state index in [0.29, 0.717) is 48.7 Å². The van der Waals surface area contributed by atoms with Gasteiger partial charge in [0.25, 0.3) is 0 Å². The Bertz CT molecular complexity index is 2140. The molecule has 1 saturated carbocycles. The number of benzene rings is 6. The molecule has 1 aliphatic rings. The number of para-hydroxylation sites is 2. The van der Waals surface area contributed by atoms with Crippen LogP contribution in [0.4, 0.5) is 9.59 Å². The molecule has 1 aliphatic carbocycles. The van der Waals surface area contributed by atoms with Crippen LogP contribution in [-0.4, -0.2) is 47.0 Å². The Kier molecular flexibility index (Phi) is 14.0. The second-order valence-corrected chi connectivity index (χ2v) is 14.6. The predicted molar refractivity (Wildman–Crippen MR) is 226 cm³/mol. The van der Waals surface area contributed by atoms with Crippen LogP contribution in [0.2, 0.25) is 0 Å². The van der Waals surface area contributed by atoms with Crippen LogP contribution in [0.5, 0.6) is 23.0 Å². The first kappa shape index (κ1) is 41.0. The maximum atomic E-state index is 13.6. The van der Waals surface area contributed by atoms with Gasteiger partial charge in [0.15, 0.2) is 0 Å². The molecule has 0 saturated heterocycles. The van der Waals surface area contributed by atoms with Crippen LogP contribution in [-0.2, 0) is 45.0 Å². The average Bonchev–Trinajstić information content (AvgIpc) is 3.26. The number of hydrogen-bond acceptors (Lipinski definition) is 8. The van der Waals surface area contributed by atoms with Crippen molar-refractivity contribution in [2.75, 3.05) is 13.1 Å². The quantitative estimate of drug-likeness (QED) is 0.0702. The molecule has 0 bridgehead atoms. The molecule has 7 rings (SSSR count). The van der Waals surface area contributed by atoms with Crippen LogP contribution >= 0.6 is 0 Å². The van der Waals surface area contributed by atoms with Crippen molar-refractivity contribution in [1.29, 1.82) is 0 Å². The van der Waals surface area contributed by atoms with Crippen LogP contribution in [0.15, 0.2) is 170 Å². The van der Waals surface area contributed by atoms with Crippen LogP contribution in [0.3, 0.4) is 0 Å². The van der Waals surface area contributed by atoms with Crippen molar-refractivity contribution in [2.24, 2.45) is 11.8 Å². The molecule has 0 aromatic heterocycles. The summed E-state index contributed by atoms with van der Waals surface area (Å²) in [6, 6.07) is 53.0. The van der Waals surface area contributed by atoms with E-state index in [1.165, 1.54) is 9.80 Å². The molecule has 60 heavy (non-hydrogen) atoms. The molecule has 0 radical (unpaired) electrons. The minimum Gasteiger partial charge on any atom is -0.457 e. The summed E-state index contributed by atoms with van der Waals surface area (Å²) in [7, 11) is 0. The van der Waals surface area contributed by atoms with Crippen molar-refractivity contribution in [3.63, 3.8) is 0 Å². The van der Waals surface area contributed by atoms with Crippen molar-refractivity contribution in [2.45, 2.75) is 38.8 Å². The molecule has 10 heteroatoms. The smallest absolute Gasteiger partial charge is 0.417 e. The summed E-state index contributed by atoms with van der Waals surface area (Å²) >= 11 is 0. The van der Waals surface area contributed by atoms with E-state index in [4.69, 9.17) is 18.9 Å². The van der Waals surface area contributed by atoms with E-state index >= 15 is 0 Å². The molecule has 0 aliphatic heterocycles. The lowest BCUT2D eigenvalue weighted by Crippen LogP contribution is -2.44. The predicted octanol–water partition coefficient (Wildman–Crippen LogP) is 10.4. The van der Waals surface area contributed by atoms with Gasteiger partial charge in [-0.25, -0.2) is 9.59 Å². The Morgan fingerprint density at radius 1 is 0.400 bits per heavy atom. The first-order valence-corrected chi connectivity index (χ1v) is 20.1. The van der Waals surface area contributed by atoms with Gasteiger partial charge in [-0.1, -0.05) is 121 Å². The normalized spacial score (nSPS) is 14.2. The summed E-state index contributed by atoms with van der Waals surface area (Å²) in [5.41, 5.74) is 3.66. The van der Waals surface area contributed by atoms with Gasteiger partial charge in [0.05, 0.1) is 11.8 Å². The van der Waals surface area contributed by atoms with Crippen LogP contribution in [0, 0.1) is 11.8 Å². The molecule has 0 spiro atoms. The molecule has 304 valence electrons. The Hall–Kier alpha value is -7.20. The maximum absolute atomic E-state index is 13.6. The number of amides is 2. The molecule has 6 aromatic carbocycles. The standard InChI is InChI=1S/C50H46N2O8/c53-47(59-49(55)51(33-31-37-13-5-1-6-14-37)35-39-21-25-43(26-22-39)57-41-17-9-3-10-18-41)45-29-30-46(45)48(54)60-50(56)52(34-32-38-15-7-2-8-16-38)36-40-23-27-44(28-24-40)58-42-19-11-4-12-20-42/h1-28,45-46H,29-36H2. The van der Waals surface area contributed by atoms with Crippen molar-refractivity contribution < 1.29 is 38.1 Å². The van der Waals surface area contributed by atoms with Crippen molar-refractivity contribution in [3.8, 4) is 23.0 Å². The van der Waals surface area contributed by atoms with E-state index in [9.17, 15) is 19.2 Å². The Labute approximate surface area is 349 Å². The van der Waals surface area contributed by atoms with E-state index in [1.54, 1.807) is 0 Å². The van der Waals surface area contributed by atoms with Gasteiger partial charge in [-0.15, -0.1) is 0 Å². The first-order valence-electron chi connectivity index (χ1n) is 20.1. The maximum Gasteiger partial charge on any atom is 0.417 e. The highest BCUT2D eigenvalue weighted by Crippen LogP contribution is 2.37. The van der Waals surface area contributed by atoms with E-state index in [2.05, 4.69) is 0 Å². The Morgan fingerprint density at radius 3 is 1.05 bits per heavy atom. The van der Waals surface area contributed by atoms with Gasteiger partial charge in [0.1, 0.15) is 23.0 Å². The highest BCUT2D eigenvalue weighted by atomic mass is 16.6. The minimum atomic E-state index is -0.922. The number of esters is 2. The summed E-state index contributed by atoms with van der Waals surface area (Å²) in [6.07, 6.45) is 0.0774. The Balaban J connectivity index is 0.968. The monoisotopic (exact) mass is 802 g/mol. The minimum absolute atomic E-state index is 0.177. The SMILES string of the molecule is O=C(OC(=O)N(CCc1ccccc1)Cc1ccc(Oc2ccccc2)cc1)C1CCC1C(=O)OC(=O)N(CCc1ccccc1)Cc1ccc(Oc2ccccc2)cc1. The zero-order chi connectivity index (χ0) is 41.5. The zero-order valence-electron chi connectivity index (χ0n) is 33.1. The van der Waals surface area contributed by atoms with E-state index in [-0.39, 0.29) is 26.2 Å². The van der Waals surface area contributed by atoms with Gasteiger partial charge >= 0.3 is 24.1 Å². The molecule has 2 atom stereocenters. The molecule has 10 nitrogen and oxygen atoms in total. The fourth-order valence-electron chi connectivity index (χ4n) is 6.82. The Morgan fingerprint density at radius 2 is 0.717 bits per heavy atom. The van der Waals surface area contributed by atoms with Gasteiger partial charge in [-0.3, -0.25) is 9.59 Å². The lowest BCUT2D eigenvalue weighted by Gasteiger charge is -2.33. The second-order valence-electron chi connectivity index (χ2n) is 14.6. The van der Waals surface area contributed by atoms with Crippen molar-refractivity contribution in [1.82, 2.24) is 9.80 Å². The third-order valence-electron chi connectivity index (χ3n) is 10.3. The third-order valence-corrected chi connectivity index (χ3v) is 10.3. The van der Waals surface area contributed by atoms with Gasteiger partial charge in [-0.2, -0.15) is 0 Å². The highest BCUT2D eigenvalue weighted by Gasteiger charge is 2.45. The van der Waals surface area contributed by atoms with Gasteiger partial charge < -0.3 is 28.7 Å². The molecule has 1 fully saturated rings. The molecule has 2 unspecified atom stereocenters. The van der Waals surface area contributed by atoms with Crippen molar-refractivity contribution in [3.05, 3.63) is 192 Å². The number of carbonyl (C=O) groups excluding carboxylic acids is 4. The summed E-state index contributed by atoms with van der Waals surface area (Å²) in [5, 5.41) is 0. The summed E-state index contributed by atoms with van der Waals surface area (Å²) in [5.74, 6) is -0.798. The van der Waals surface area contributed by atoms with Crippen LogP contribution in [0.25, 0.3) is 0 Å². The summed E-state index contributed by atoms with van der Waals surface area (Å²) < 4.78 is 22.7. The largest absolute Gasteiger partial charge is 0.457 e. The molecular weight excluding hydrogens is 757 g/mol. The lowest BCUT2D eigenvalue weighted by atomic mass is 9.74. The van der Waals surface area contributed by atoms with E-state index in [1.807, 2.05) is 170 Å². The second kappa shape index (κ2) is 20.5. The van der Waals surface area contributed by atoms with Crippen LogP contribution in [0.1, 0.15) is 35.1 Å². The number of ether oxygens (including phenoxy) is 4. The van der Waals surface area contributed by atoms with Gasteiger partial charge in [-0.05, 0) is 96.5 Å². The molecule has 0 N–H and O–H groups in total. The van der Waals surface area contributed by atoms with Crippen molar-refractivity contribution >= 4 is 24.1 Å². The van der Waals surface area contributed by atoms with Crippen LogP contribution < -0.4 is 9.47 Å². The van der Waals surface area contributed by atoms with Gasteiger partial charge in [0.2, 0.25) is 0 Å².